The summed E-state index contributed by atoms with van der Waals surface area (Å²) in [6.45, 7) is 4.44. The summed E-state index contributed by atoms with van der Waals surface area (Å²) >= 11 is 0. The molecule has 4 rings (SSSR count). The summed E-state index contributed by atoms with van der Waals surface area (Å²) in [5.74, 6) is 1.67. The zero-order valence-electron chi connectivity index (χ0n) is 14.7. The third-order valence-corrected chi connectivity index (χ3v) is 4.74. The molecule has 1 amide bonds. The Kier molecular flexibility index (Phi) is 4.04. The molecule has 1 aliphatic rings. The zero-order chi connectivity index (χ0) is 17.4. The molecule has 1 heterocycles. The Hall–Kier alpha value is -2.62. The molecule has 4 nitrogen and oxygen atoms in total. The van der Waals surface area contributed by atoms with Crippen molar-refractivity contribution < 1.29 is 4.79 Å². The van der Waals surface area contributed by atoms with Gasteiger partial charge in [-0.25, -0.2) is 4.98 Å². The van der Waals surface area contributed by atoms with E-state index in [0.29, 0.717) is 12.5 Å². The molecule has 25 heavy (non-hydrogen) atoms. The predicted octanol–water partition coefficient (Wildman–Crippen LogP) is 4.36. The van der Waals surface area contributed by atoms with Gasteiger partial charge in [0.25, 0.3) is 0 Å². The van der Waals surface area contributed by atoms with Crippen LogP contribution in [0.1, 0.15) is 38.4 Å². The second-order valence-corrected chi connectivity index (χ2v) is 7.01. The highest BCUT2D eigenvalue weighted by Gasteiger charge is 2.31. The first-order valence-electron chi connectivity index (χ1n) is 8.97. The average molecular weight is 333 g/mol. The molecule has 0 bridgehead atoms. The Morgan fingerprint density at radius 1 is 1.12 bits per heavy atom. The number of benzene rings is 2. The quantitative estimate of drug-likeness (QED) is 0.696. The Balaban J connectivity index is 1.70. The van der Waals surface area contributed by atoms with E-state index >= 15 is 0 Å². The van der Waals surface area contributed by atoms with Crippen LogP contribution in [0.4, 0.5) is 5.69 Å². The number of carbonyl (C=O) groups is 1. The summed E-state index contributed by atoms with van der Waals surface area (Å²) in [5.41, 5.74) is 2.97. The second-order valence-electron chi connectivity index (χ2n) is 7.01. The molecule has 0 atom stereocenters. The highest BCUT2D eigenvalue weighted by Crippen LogP contribution is 2.40. The normalized spacial score (nSPS) is 14.2. The smallest absolute Gasteiger partial charge is 0.247 e. The number of anilines is 1. The Bertz CT molecular complexity index is 894. The minimum Gasteiger partial charge on any atom is -0.318 e. The number of carbonyl (C=O) groups excluding carboxylic acids is 1. The first kappa shape index (κ1) is 15.9. The van der Waals surface area contributed by atoms with Gasteiger partial charge >= 0.3 is 0 Å². The van der Waals surface area contributed by atoms with Crippen molar-refractivity contribution in [1.29, 1.82) is 0 Å². The average Bonchev–Trinajstić information content (AvgIpc) is 3.39. The molecule has 1 aromatic heterocycles. The molecule has 0 radical (unpaired) electrons. The highest BCUT2D eigenvalue weighted by atomic mass is 16.2. The van der Waals surface area contributed by atoms with Gasteiger partial charge < -0.3 is 9.47 Å². The van der Waals surface area contributed by atoms with Gasteiger partial charge in [0.1, 0.15) is 12.4 Å². The van der Waals surface area contributed by atoms with Crippen LogP contribution >= 0.6 is 0 Å². The Labute approximate surface area is 148 Å². The van der Waals surface area contributed by atoms with Crippen molar-refractivity contribution in [3.05, 3.63) is 60.4 Å². The maximum Gasteiger partial charge on any atom is 0.247 e. The number of aromatic nitrogens is 2. The minimum absolute atomic E-state index is 0.103. The number of rotatable bonds is 5. The maximum atomic E-state index is 13.2. The first-order valence-corrected chi connectivity index (χ1v) is 8.97. The van der Waals surface area contributed by atoms with Crippen molar-refractivity contribution in [2.24, 2.45) is 0 Å². The van der Waals surface area contributed by atoms with Crippen molar-refractivity contribution in [3.63, 3.8) is 0 Å². The van der Waals surface area contributed by atoms with Crippen LogP contribution in [0.3, 0.4) is 0 Å². The largest absolute Gasteiger partial charge is 0.318 e. The van der Waals surface area contributed by atoms with E-state index in [0.717, 1.165) is 22.5 Å². The van der Waals surface area contributed by atoms with E-state index in [-0.39, 0.29) is 11.9 Å². The van der Waals surface area contributed by atoms with E-state index in [1.54, 1.807) is 0 Å². The third kappa shape index (κ3) is 3.04. The van der Waals surface area contributed by atoms with Gasteiger partial charge in [-0.2, -0.15) is 0 Å². The van der Waals surface area contributed by atoms with Gasteiger partial charge in [-0.1, -0.05) is 30.3 Å². The fourth-order valence-electron chi connectivity index (χ4n) is 3.44. The molecule has 1 saturated carbocycles. The van der Waals surface area contributed by atoms with Crippen LogP contribution in [0, 0.1) is 0 Å². The van der Waals surface area contributed by atoms with Crippen molar-refractivity contribution in [2.45, 2.75) is 45.2 Å². The highest BCUT2D eigenvalue weighted by molar-refractivity contribution is 5.94. The molecule has 2 aromatic carbocycles. The third-order valence-electron chi connectivity index (χ3n) is 4.74. The topological polar surface area (TPSA) is 38.1 Å². The number of nitrogens with zero attached hydrogens (tertiary/aromatic N) is 3. The van der Waals surface area contributed by atoms with Gasteiger partial charge in [0.2, 0.25) is 5.91 Å². The Morgan fingerprint density at radius 2 is 1.80 bits per heavy atom. The summed E-state index contributed by atoms with van der Waals surface area (Å²) in [5, 5.41) is 0. The van der Waals surface area contributed by atoms with E-state index in [4.69, 9.17) is 4.98 Å². The number of imidazole rings is 1. The number of hydrogen-bond donors (Lipinski definition) is 0. The summed E-state index contributed by atoms with van der Waals surface area (Å²) in [4.78, 5) is 19.8. The molecule has 1 aliphatic carbocycles. The lowest BCUT2D eigenvalue weighted by Gasteiger charge is -2.27. The van der Waals surface area contributed by atoms with Crippen molar-refractivity contribution in [3.8, 4) is 0 Å². The van der Waals surface area contributed by atoms with Gasteiger partial charge in [0, 0.05) is 17.6 Å². The molecule has 3 aromatic rings. The Morgan fingerprint density at radius 3 is 2.48 bits per heavy atom. The lowest BCUT2D eigenvalue weighted by molar-refractivity contribution is -0.119. The minimum atomic E-state index is 0.103. The van der Waals surface area contributed by atoms with Crippen LogP contribution in [-0.4, -0.2) is 21.5 Å². The van der Waals surface area contributed by atoms with Crippen molar-refractivity contribution >= 4 is 22.6 Å². The summed E-state index contributed by atoms with van der Waals surface area (Å²) in [6, 6.07) is 18.1. The van der Waals surface area contributed by atoms with Crippen LogP contribution in [0.15, 0.2) is 54.6 Å². The molecular weight excluding hydrogens is 310 g/mol. The first-order chi connectivity index (χ1) is 12.1. The molecule has 4 heteroatoms. The van der Waals surface area contributed by atoms with E-state index in [9.17, 15) is 4.79 Å². The van der Waals surface area contributed by atoms with Crippen LogP contribution in [0.5, 0.6) is 0 Å². The van der Waals surface area contributed by atoms with E-state index < -0.39 is 0 Å². The standard InChI is InChI=1S/C21H23N3O/c1-15(2)24(17-8-4-3-5-9-17)20(25)14-23-19-11-7-6-10-18(19)22-21(23)16-12-13-16/h3-11,15-16H,12-14H2,1-2H3. The number of fused-ring (bicyclic) bond motifs is 1. The summed E-state index contributed by atoms with van der Waals surface area (Å²) < 4.78 is 2.12. The fraction of sp³-hybridized carbons (Fsp3) is 0.333. The molecule has 0 N–H and O–H groups in total. The molecule has 0 saturated heterocycles. The van der Waals surface area contributed by atoms with Crippen molar-refractivity contribution in [1.82, 2.24) is 9.55 Å². The van der Waals surface area contributed by atoms with Crippen LogP contribution < -0.4 is 4.90 Å². The molecule has 1 fully saturated rings. The zero-order valence-corrected chi connectivity index (χ0v) is 14.7. The lowest BCUT2D eigenvalue weighted by Crippen LogP contribution is -2.39. The SMILES string of the molecule is CC(C)N(C(=O)Cn1c(C2CC2)nc2ccccc21)c1ccccc1. The summed E-state index contributed by atoms with van der Waals surface area (Å²) in [7, 11) is 0. The molecule has 0 unspecified atom stereocenters. The number of para-hydroxylation sites is 3. The molecule has 0 spiro atoms. The number of hydrogen-bond acceptors (Lipinski definition) is 2. The van der Waals surface area contributed by atoms with E-state index in [1.807, 2.05) is 53.4 Å². The van der Waals surface area contributed by atoms with Gasteiger partial charge in [-0.05, 0) is 51.0 Å². The monoisotopic (exact) mass is 333 g/mol. The number of amides is 1. The molecule has 128 valence electrons. The predicted molar refractivity (Wildman–Crippen MR) is 101 cm³/mol. The van der Waals surface area contributed by atoms with E-state index in [1.165, 1.54) is 12.8 Å². The second kappa shape index (κ2) is 6.36. The van der Waals surface area contributed by atoms with Gasteiger partial charge in [-0.15, -0.1) is 0 Å². The molecule has 0 aliphatic heterocycles. The van der Waals surface area contributed by atoms with Crippen LogP contribution in [0.25, 0.3) is 11.0 Å². The van der Waals surface area contributed by atoms with Gasteiger partial charge in [-0.3, -0.25) is 4.79 Å². The van der Waals surface area contributed by atoms with Crippen molar-refractivity contribution in [2.75, 3.05) is 4.90 Å². The fourth-order valence-corrected chi connectivity index (χ4v) is 3.44. The summed E-state index contributed by atoms with van der Waals surface area (Å²) in [6.07, 6.45) is 2.34. The van der Waals surface area contributed by atoms with Gasteiger partial charge in [0.15, 0.2) is 0 Å². The lowest BCUT2D eigenvalue weighted by atomic mass is 10.2. The maximum absolute atomic E-state index is 13.2. The van der Waals surface area contributed by atoms with E-state index in [2.05, 4.69) is 24.5 Å². The van der Waals surface area contributed by atoms with Gasteiger partial charge in [0.05, 0.1) is 11.0 Å². The molecular formula is C21H23N3O. The van der Waals surface area contributed by atoms with Crippen LogP contribution in [0.2, 0.25) is 0 Å². The van der Waals surface area contributed by atoms with Crippen LogP contribution in [-0.2, 0) is 11.3 Å².